The molecule has 0 saturated heterocycles. The van der Waals surface area contributed by atoms with Crippen LogP contribution in [0, 0.1) is 5.92 Å². The summed E-state index contributed by atoms with van der Waals surface area (Å²) in [6.45, 7) is 2.12. The normalized spacial score (nSPS) is 24.1. The summed E-state index contributed by atoms with van der Waals surface area (Å²) in [6, 6.07) is -0.249. The lowest BCUT2D eigenvalue weighted by Gasteiger charge is -2.29. The number of amides is 3. The third-order valence-electron chi connectivity index (χ3n) is 2.80. The van der Waals surface area contributed by atoms with Crippen LogP contribution in [0.2, 0.25) is 0 Å². The van der Waals surface area contributed by atoms with Crippen LogP contribution in [-0.2, 0) is 4.79 Å². The second-order valence-corrected chi connectivity index (χ2v) is 4.29. The van der Waals surface area contributed by atoms with E-state index in [-0.39, 0.29) is 24.3 Å². The summed E-state index contributed by atoms with van der Waals surface area (Å²) in [5.41, 5.74) is 0. The van der Waals surface area contributed by atoms with Crippen molar-refractivity contribution in [3.05, 3.63) is 0 Å². The van der Waals surface area contributed by atoms with Crippen LogP contribution in [0.15, 0.2) is 0 Å². The summed E-state index contributed by atoms with van der Waals surface area (Å²) in [7, 11) is 0. The smallest absolute Gasteiger partial charge is 0.321 e. The molecule has 0 radical (unpaired) electrons. The molecule has 94 valence electrons. The van der Waals surface area contributed by atoms with Gasteiger partial charge >= 0.3 is 6.03 Å². The SMILES string of the molecule is CC1CCCCC1NC(=O)NC(=O)CCl.[Cl-]. The van der Waals surface area contributed by atoms with Gasteiger partial charge in [0, 0.05) is 6.04 Å². The molecule has 2 unspecified atom stereocenters. The van der Waals surface area contributed by atoms with Crippen LogP contribution in [0.1, 0.15) is 32.6 Å². The van der Waals surface area contributed by atoms with E-state index in [9.17, 15) is 9.59 Å². The van der Waals surface area contributed by atoms with E-state index in [1.807, 2.05) is 0 Å². The molecule has 2 atom stereocenters. The van der Waals surface area contributed by atoms with Crippen molar-refractivity contribution >= 4 is 23.5 Å². The van der Waals surface area contributed by atoms with E-state index in [1.165, 1.54) is 6.42 Å². The Morgan fingerprint density at radius 1 is 1.31 bits per heavy atom. The Morgan fingerprint density at radius 2 is 1.94 bits per heavy atom. The fourth-order valence-electron chi connectivity index (χ4n) is 1.90. The number of hydrogen-bond donors (Lipinski definition) is 2. The van der Waals surface area contributed by atoms with Gasteiger partial charge < -0.3 is 17.7 Å². The fourth-order valence-corrected chi connectivity index (χ4v) is 1.96. The fraction of sp³-hybridized carbons (Fsp3) is 0.800. The van der Waals surface area contributed by atoms with Gasteiger partial charge in [-0.1, -0.05) is 19.8 Å². The van der Waals surface area contributed by atoms with Crippen LogP contribution >= 0.6 is 11.6 Å². The predicted molar refractivity (Wildman–Crippen MR) is 58.8 cm³/mol. The molecule has 3 amide bonds. The molecule has 1 aliphatic rings. The van der Waals surface area contributed by atoms with Crippen LogP contribution in [0.4, 0.5) is 4.79 Å². The average molecular weight is 268 g/mol. The van der Waals surface area contributed by atoms with Gasteiger partial charge in [0.15, 0.2) is 0 Å². The Bertz CT molecular complexity index is 249. The lowest BCUT2D eigenvalue weighted by atomic mass is 9.86. The molecule has 0 aromatic heterocycles. The second kappa shape index (κ2) is 7.74. The topological polar surface area (TPSA) is 58.2 Å². The molecular formula is C10H17Cl2N2O2-. The summed E-state index contributed by atoms with van der Waals surface area (Å²) < 4.78 is 0. The van der Waals surface area contributed by atoms with Gasteiger partial charge in [-0.25, -0.2) is 4.79 Å². The molecule has 1 rings (SSSR count). The number of nitrogens with one attached hydrogen (secondary N) is 2. The summed E-state index contributed by atoms with van der Waals surface area (Å²) in [6.07, 6.45) is 4.48. The first kappa shape index (κ1) is 15.5. The maximum atomic E-state index is 11.3. The van der Waals surface area contributed by atoms with Crippen molar-refractivity contribution in [2.24, 2.45) is 5.92 Å². The maximum absolute atomic E-state index is 11.3. The van der Waals surface area contributed by atoms with Crippen molar-refractivity contribution in [3.8, 4) is 0 Å². The molecule has 4 nitrogen and oxygen atoms in total. The molecule has 1 saturated carbocycles. The molecular weight excluding hydrogens is 251 g/mol. The van der Waals surface area contributed by atoms with Gasteiger partial charge in [0.2, 0.25) is 5.91 Å². The number of carbonyl (C=O) groups is 2. The minimum Gasteiger partial charge on any atom is -1.00 e. The van der Waals surface area contributed by atoms with E-state index >= 15 is 0 Å². The maximum Gasteiger partial charge on any atom is 0.321 e. The number of halogens is 2. The Labute approximate surface area is 107 Å². The third-order valence-corrected chi connectivity index (χ3v) is 3.05. The molecule has 0 spiro atoms. The molecule has 0 heterocycles. The minimum absolute atomic E-state index is 0. The van der Waals surface area contributed by atoms with Crippen molar-refractivity contribution in [2.75, 3.05) is 5.88 Å². The van der Waals surface area contributed by atoms with Gasteiger partial charge in [0.25, 0.3) is 0 Å². The highest BCUT2D eigenvalue weighted by Gasteiger charge is 2.23. The molecule has 1 aliphatic carbocycles. The zero-order chi connectivity index (χ0) is 11.3. The Kier molecular flexibility index (Phi) is 7.51. The molecule has 1 fully saturated rings. The van der Waals surface area contributed by atoms with Gasteiger partial charge in [-0.15, -0.1) is 11.6 Å². The molecule has 2 N–H and O–H groups in total. The number of alkyl halides is 1. The van der Waals surface area contributed by atoms with Gasteiger partial charge in [0.1, 0.15) is 5.88 Å². The van der Waals surface area contributed by atoms with Crippen molar-refractivity contribution in [1.82, 2.24) is 10.6 Å². The first-order valence-electron chi connectivity index (χ1n) is 5.29. The summed E-state index contributed by atoms with van der Waals surface area (Å²) in [4.78, 5) is 22.2. The van der Waals surface area contributed by atoms with E-state index in [4.69, 9.17) is 11.6 Å². The van der Waals surface area contributed by atoms with Gasteiger partial charge in [-0.2, -0.15) is 0 Å². The standard InChI is InChI=1S/C10H17ClN2O2.ClH/c1-7-4-2-3-5-8(7)12-10(15)13-9(14)6-11;/h7-8H,2-6H2,1H3,(H2,12,13,14,15);1H/p-1. The van der Waals surface area contributed by atoms with Crippen molar-refractivity contribution in [1.29, 1.82) is 0 Å². The highest BCUT2D eigenvalue weighted by Crippen LogP contribution is 2.23. The summed E-state index contributed by atoms with van der Waals surface area (Å²) in [5, 5.41) is 4.98. The van der Waals surface area contributed by atoms with Crippen LogP contribution < -0.4 is 23.0 Å². The highest BCUT2D eigenvalue weighted by molar-refractivity contribution is 6.28. The van der Waals surface area contributed by atoms with E-state index in [0.717, 1.165) is 19.3 Å². The molecule has 6 heteroatoms. The summed E-state index contributed by atoms with van der Waals surface area (Å²) >= 11 is 5.28. The first-order valence-corrected chi connectivity index (χ1v) is 5.83. The minimum atomic E-state index is -0.461. The third kappa shape index (κ3) is 5.03. The Hall–Kier alpha value is -0.480. The molecule has 0 aromatic rings. The molecule has 16 heavy (non-hydrogen) atoms. The first-order chi connectivity index (χ1) is 7.13. The Morgan fingerprint density at radius 3 is 2.50 bits per heavy atom. The predicted octanol–water partition coefficient (Wildman–Crippen LogP) is -1.37. The quantitative estimate of drug-likeness (QED) is 0.607. The van der Waals surface area contributed by atoms with E-state index in [1.54, 1.807) is 0 Å². The lowest BCUT2D eigenvalue weighted by Crippen LogP contribution is -3.00. The number of imide groups is 1. The molecule has 0 aliphatic heterocycles. The van der Waals surface area contributed by atoms with Gasteiger partial charge in [0.05, 0.1) is 0 Å². The lowest BCUT2D eigenvalue weighted by molar-refractivity contribution is -0.117. The monoisotopic (exact) mass is 267 g/mol. The Balaban J connectivity index is 0.00000225. The zero-order valence-corrected chi connectivity index (χ0v) is 10.8. The van der Waals surface area contributed by atoms with Crippen molar-refractivity contribution in [3.63, 3.8) is 0 Å². The number of carbonyl (C=O) groups excluding carboxylic acids is 2. The average Bonchev–Trinajstić information content (AvgIpc) is 2.21. The number of urea groups is 1. The van der Waals surface area contributed by atoms with Crippen molar-refractivity contribution in [2.45, 2.75) is 38.6 Å². The van der Waals surface area contributed by atoms with E-state index in [2.05, 4.69) is 17.6 Å². The molecule has 0 aromatic carbocycles. The van der Waals surface area contributed by atoms with Crippen LogP contribution in [0.3, 0.4) is 0 Å². The highest BCUT2D eigenvalue weighted by atomic mass is 35.5. The van der Waals surface area contributed by atoms with Crippen LogP contribution in [-0.4, -0.2) is 23.9 Å². The van der Waals surface area contributed by atoms with Crippen LogP contribution in [0.5, 0.6) is 0 Å². The van der Waals surface area contributed by atoms with Gasteiger partial charge in [-0.05, 0) is 18.8 Å². The molecule has 0 bridgehead atoms. The largest absolute Gasteiger partial charge is 1.00 e. The zero-order valence-electron chi connectivity index (χ0n) is 9.26. The summed E-state index contributed by atoms with van der Waals surface area (Å²) in [5.74, 6) is -0.165. The van der Waals surface area contributed by atoms with Gasteiger partial charge in [-0.3, -0.25) is 10.1 Å². The van der Waals surface area contributed by atoms with Crippen molar-refractivity contribution < 1.29 is 22.0 Å². The second-order valence-electron chi connectivity index (χ2n) is 4.02. The van der Waals surface area contributed by atoms with Crippen LogP contribution in [0.25, 0.3) is 0 Å². The number of rotatable bonds is 2. The number of hydrogen-bond acceptors (Lipinski definition) is 2. The van der Waals surface area contributed by atoms with E-state index in [0.29, 0.717) is 5.92 Å². The van der Waals surface area contributed by atoms with E-state index < -0.39 is 11.9 Å².